The van der Waals surface area contributed by atoms with Gasteiger partial charge in [0, 0.05) is 32.4 Å². The van der Waals surface area contributed by atoms with Gasteiger partial charge in [-0.25, -0.2) is 9.79 Å². The van der Waals surface area contributed by atoms with E-state index in [0.29, 0.717) is 0 Å². The van der Waals surface area contributed by atoms with Crippen LogP contribution in [0.25, 0.3) is 0 Å². The van der Waals surface area contributed by atoms with E-state index in [1.165, 1.54) is 0 Å². The Morgan fingerprint density at radius 2 is 2.20 bits per heavy atom. The van der Waals surface area contributed by atoms with Gasteiger partial charge in [-0.15, -0.1) is 0 Å². The minimum Gasteiger partial charge on any atom is -0.465 e. The number of nitrogens with zero attached hydrogens (tertiary/aromatic N) is 3. The first-order chi connectivity index (χ1) is 7.27. The number of aliphatic imine (C=N–C) groups is 1. The molecule has 82 valence electrons. The molecule has 15 heavy (non-hydrogen) atoms. The van der Waals surface area contributed by atoms with Crippen molar-refractivity contribution in [2.24, 2.45) is 4.99 Å². The molecular weight excluding hydrogens is 196 g/mol. The van der Waals surface area contributed by atoms with E-state index in [1.54, 1.807) is 12.3 Å². The first-order valence-electron chi connectivity index (χ1n) is 4.95. The summed E-state index contributed by atoms with van der Waals surface area (Å²) in [6.07, 6.45) is 2.35. The van der Waals surface area contributed by atoms with E-state index < -0.39 is 6.09 Å². The zero-order valence-electron chi connectivity index (χ0n) is 8.39. The van der Waals surface area contributed by atoms with Crippen LogP contribution in [-0.4, -0.2) is 59.7 Å². The van der Waals surface area contributed by atoms with Crippen LogP contribution in [0.5, 0.6) is 0 Å². The van der Waals surface area contributed by atoms with E-state index in [-0.39, 0.29) is 6.67 Å². The summed E-state index contributed by atoms with van der Waals surface area (Å²) >= 11 is 0. The van der Waals surface area contributed by atoms with Crippen LogP contribution in [0.15, 0.2) is 17.3 Å². The summed E-state index contributed by atoms with van der Waals surface area (Å²) < 4.78 is 0. The number of amidine groups is 1. The molecule has 2 heterocycles. The summed E-state index contributed by atoms with van der Waals surface area (Å²) in [6, 6.07) is 0. The molecule has 1 saturated heterocycles. The molecule has 0 aromatic rings. The Morgan fingerprint density at radius 3 is 2.73 bits per heavy atom. The largest absolute Gasteiger partial charge is 0.465 e. The third kappa shape index (κ3) is 2.27. The predicted molar refractivity (Wildman–Crippen MR) is 55.7 cm³/mol. The summed E-state index contributed by atoms with van der Waals surface area (Å²) in [5.74, 6) is 0.883. The lowest BCUT2D eigenvalue weighted by Gasteiger charge is -2.31. The monoisotopic (exact) mass is 210 g/mol. The van der Waals surface area contributed by atoms with E-state index in [4.69, 9.17) is 5.11 Å². The predicted octanol–water partition coefficient (Wildman–Crippen LogP) is -0.245. The van der Waals surface area contributed by atoms with Crippen molar-refractivity contribution >= 4 is 11.9 Å². The Bertz CT molecular complexity index is 307. The topological polar surface area (TPSA) is 68.2 Å². The molecule has 1 fully saturated rings. The smallest absolute Gasteiger partial charge is 0.412 e. The van der Waals surface area contributed by atoms with Crippen molar-refractivity contribution in [1.82, 2.24) is 15.1 Å². The van der Waals surface area contributed by atoms with Gasteiger partial charge in [0.2, 0.25) is 0 Å². The highest BCUT2D eigenvalue weighted by Gasteiger charge is 2.17. The van der Waals surface area contributed by atoms with Gasteiger partial charge in [0.05, 0.1) is 0 Å². The van der Waals surface area contributed by atoms with Crippen LogP contribution in [0.4, 0.5) is 4.79 Å². The minimum atomic E-state index is -0.964. The Balaban J connectivity index is 1.95. The standard InChI is InChI=1S/C9H14N4O2/c14-9(15)13-4-1-8(11-7-13)12-5-2-10-3-6-12/h1,4,10H,2-3,5-7H2,(H,14,15). The molecule has 0 unspecified atom stereocenters. The highest BCUT2D eigenvalue weighted by atomic mass is 16.4. The molecular formula is C9H14N4O2. The van der Waals surface area contributed by atoms with Gasteiger partial charge < -0.3 is 15.3 Å². The highest BCUT2D eigenvalue weighted by molar-refractivity contribution is 5.94. The average molecular weight is 210 g/mol. The number of hydrogen-bond acceptors (Lipinski definition) is 4. The Kier molecular flexibility index (Phi) is 2.86. The van der Waals surface area contributed by atoms with E-state index in [9.17, 15) is 4.79 Å². The van der Waals surface area contributed by atoms with Crippen molar-refractivity contribution in [3.8, 4) is 0 Å². The highest BCUT2D eigenvalue weighted by Crippen LogP contribution is 2.04. The minimum absolute atomic E-state index is 0.199. The molecule has 0 aliphatic carbocycles. The molecule has 0 radical (unpaired) electrons. The fourth-order valence-electron chi connectivity index (χ4n) is 1.63. The molecule has 0 saturated carbocycles. The third-order valence-electron chi connectivity index (χ3n) is 2.48. The number of hydrogen-bond donors (Lipinski definition) is 2. The maximum absolute atomic E-state index is 10.6. The van der Waals surface area contributed by atoms with E-state index in [2.05, 4.69) is 15.2 Å². The summed E-state index contributed by atoms with van der Waals surface area (Å²) in [5.41, 5.74) is 0. The lowest BCUT2D eigenvalue weighted by atomic mass is 10.3. The lowest BCUT2D eigenvalue weighted by molar-refractivity contribution is 0.163. The molecule has 0 aromatic heterocycles. The first-order valence-corrected chi connectivity index (χ1v) is 4.95. The molecule has 6 heteroatoms. The molecule has 6 nitrogen and oxygen atoms in total. The van der Waals surface area contributed by atoms with Gasteiger partial charge >= 0.3 is 6.09 Å². The van der Waals surface area contributed by atoms with E-state index in [0.717, 1.165) is 36.9 Å². The van der Waals surface area contributed by atoms with Crippen molar-refractivity contribution in [3.05, 3.63) is 12.3 Å². The molecule has 1 amide bonds. The number of carboxylic acid groups (broad SMARTS) is 1. The number of nitrogens with one attached hydrogen (secondary N) is 1. The van der Waals surface area contributed by atoms with Crippen LogP contribution in [0, 0.1) is 0 Å². The first kappa shape index (κ1) is 9.97. The summed E-state index contributed by atoms with van der Waals surface area (Å²) in [7, 11) is 0. The van der Waals surface area contributed by atoms with Gasteiger partial charge in [-0.1, -0.05) is 0 Å². The summed E-state index contributed by atoms with van der Waals surface area (Å²) in [5, 5.41) is 12.0. The zero-order chi connectivity index (χ0) is 10.7. The lowest BCUT2D eigenvalue weighted by Crippen LogP contribution is -2.47. The number of rotatable bonds is 0. The third-order valence-corrected chi connectivity index (χ3v) is 2.48. The SMILES string of the molecule is O=C(O)N1C=CC(N2CCNCC2)=NC1. The molecule has 2 aliphatic rings. The van der Waals surface area contributed by atoms with E-state index in [1.807, 2.05) is 0 Å². The van der Waals surface area contributed by atoms with Gasteiger partial charge in [0.25, 0.3) is 0 Å². The van der Waals surface area contributed by atoms with Crippen LogP contribution < -0.4 is 5.32 Å². The summed E-state index contributed by atoms with van der Waals surface area (Å²) in [6.45, 7) is 3.96. The van der Waals surface area contributed by atoms with Gasteiger partial charge in [-0.2, -0.15) is 0 Å². The van der Waals surface area contributed by atoms with Gasteiger partial charge in [-0.3, -0.25) is 4.90 Å². The van der Waals surface area contributed by atoms with Crippen LogP contribution in [-0.2, 0) is 0 Å². The average Bonchev–Trinajstić information content (AvgIpc) is 2.30. The van der Waals surface area contributed by atoms with Crippen LogP contribution in [0.2, 0.25) is 0 Å². The van der Waals surface area contributed by atoms with Gasteiger partial charge in [0.15, 0.2) is 0 Å². The Labute approximate surface area is 87.9 Å². The molecule has 0 bridgehead atoms. The maximum Gasteiger partial charge on any atom is 0.412 e. The number of piperazine rings is 1. The van der Waals surface area contributed by atoms with Crippen LogP contribution in [0.3, 0.4) is 0 Å². The second-order valence-corrected chi connectivity index (χ2v) is 3.46. The van der Waals surface area contributed by atoms with Crippen LogP contribution >= 0.6 is 0 Å². The second-order valence-electron chi connectivity index (χ2n) is 3.46. The van der Waals surface area contributed by atoms with Crippen molar-refractivity contribution < 1.29 is 9.90 Å². The van der Waals surface area contributed by atoms with Crippen molar-refractivity contribution in [3.63, 3.8) is 0 Å². The fraction of sp³-hybridized carbons (Fsp3) is 0.556. The quantitative estimate of drug-likeness (QED) is 0.579. The molecule has 0 spiro atoms. The Morgan fingerprint density at radius 1 is 1.47 bits per heavy atom. The van der Waals surface area contributed by atoms with Crippen molar-refractivity contribution in [2.75, 3.05) is 32.8 Å². The van der Waals surface area contributed by atoms with Crippen molar-refractivity contribution in [2.45, 2.75) is 0 Å². The second kappa shape index (κ2) is 4.31. The number of carbonyl (C=O) groups is 1. The molecule has 0 atom stereocenters. The molecule has 2 N–H and O–H groups in total. The molecule has 0 aromatic carbocycles. The maximum atomic E-state index is 10.6. The molecule has 2 aliphatic heterocycles. The van der Waals surface area contributed by atoms with Crippen LogP contribution in [0.1, 0.15) is 0 Å². The number of amides is 1. The Hall–Kier alpha value is -1.56. The van der Waals surface area contributed by atoms with Gasteiger partial charge in [0.1, 0.15) is 12.5 Å². The van der Waals surface area contributed by atoms with Crippen molar-refractivity contribution in [1.29, 1.82) is 0 Å². The normalized spacial score (nSPS) is 21.5. The van der Waals surface area contributed by atoms with E-state index >= 15 is 0 Å². The molecule has 2 rings (SSSR count). The zero-order valence-corrected chi connectivity index (χ0v) is 8.39. The fourth-order valence-corrected chi connectivity index (χ4v) is 1.63. The summed E-state index contributed by atoms with van der Waals surface area (Å²) in [4.78, 5) is 18.2. The van der Waals surface area contributed by atoms with Gasteiger partial charge in [-0.05, 0) is 6.08 Å².